The van der Waals surface area contributed by atoms with Gasteiger partial charge < -0.3 is 5.73 Å². The fraction of sp³-hybridized carbons (Fsp3) is 0.250. The number of fused-ring (bicyclic) bond motifs is 1. The molecule has 0 bridgehead atoms. The van der Waals surface area contributed by atoms with Gasteiger partial charge in [0.1, 0.15) is 7.85 Å². The van der Waals surface area contributed by atoms with Crippen molar-refractivity contribution in [2.45, 2.75) is 25.7 Å². The van der Waals surface area contributed by atoms with Gasteiger partial charge in [-0.05, 0) is 31.3 Å². The number of allylic oxidation sites excluding steroid dienone is 1. The minimum Gasteiger partial charge on any atom is -0.368 e. The molecular weight excluding hydrogens is 245 g/mol. The van der Waals surface area contributed by atoms with Crippen molar-refractivity contribution in [3.63, 3.8) is 0 Å². The Morgan fingerprint density at radius 3 is 2.75 bits per heavy atom. The summed E-state index contributed by atoms with van der Waals surface area (Å²) in [6, 6.07) is 8.54. The van der Waals surface area contributed by atoms with Crippen molar-refractivity contribution in [3.8, 4) is 0 Å². The Kier molecular flexibility index (Phi) is 3.09. The average molecular weight is 263 g/mol. The monoisotopic (exact) mass is 263 g/mol. The van der Waals surface area contributed by atoms with Gasteiger partial charge >= 0.3 is 0 Å². The third-order valence-electron chi connectivity index (χ3n) is 4.10. The van der Waals surface area contributed by atoms with Crippen LogP contribution in [-0.2, 0) is 6.42 Å². The highest BCUT2D eigenvalue weighted by atomic mass is 15.0. The lowest BCUT2D eigenvalue weighted by Gasteiger charge is -2.28. The van der Waals surface area contributed by atoms with Crippen LogP contribution in [0.5, 0.6) is 0 Å². The molecule has 0 saturated heterocycles. The molecule has 0 amide bonds. The lowest BCUT2D eigenvalue weighted by atomic mass is 9.75. The van der Waals surface area contributed by atoms with Gasteiger partial charge in [-0.15, -0.1) is 0 Å². The van der Waals surface area contributed by atoms with E-state index in [1.165, 1.54) is 11.0 Å². The second kappa shape index (κ2) is 4.78. The van der Waals surface area contributed by atoms with Gasteiger partial charge in [-0.3, -0.25) is 0 Å². The topological polar surface area (TPSA) is 51.8 Å². The predicted molar refractivity (Wildman–Crippen MR) is 85.9 cm³/mol. The van der Waals surface area contributed by atoms with Crippen LogP contribution in [0.15, 0.2) is 30.8 Å². The summed E-state index contributed by atoms with van der Waals surface area (Å²) in [5, 5.41) is 0. The van der Waals surface area contributed by atoms with Gasteiger partial charge in [-0.2, -0.15) is 0 Å². The Balaban J connectivity index is 2.05. The molecule has 1 atom stereocenters. The predicted octanol–water partition coefficient (Wildman–Crippen LogP) is 1.37. The van der Waals surface area contributed by atoms with E-state index in [4.69, 9.17) is 5.73 Å². The highest BCUT2D eigenvalue weighted by Gasteiger charge is 2.26. The van der Waals surface area contributed by atoms with Crippen LogP contribution in [0, 0.1) is 6.92 Å². The molecule has 3 nitrogen and oxygen atoms in total. The smallest absolute Gasteiger partial charge is 0.220 e. The maximum absolute atomic E-state index is 5.79. The van der Waals surface area contributed by atoms with Crippen LogP contribution in [0.2, 0.25) is 0 Å². The van der Waals surface area contributed by atoms with Crippen LogP contribution in [0.3, 0.4) is 0 Å². The maximum Gasteiger partial charge on any atom is 0.220 e. The fourth-order valence-electron chi connectivity index (χ4n) is 3.23. The summed E-state index contributed by atoms with van der Waals surface area (Å²) in [4.78, 5) is 8.69. The van der Waals surface area contributed by atoms with Gasteiger partial charge in [0, 0.05) is 5.56 Å². The van der Waals surface area contributed by atoms with Crippen molar-refractivity contribution in [3.05, 3.63) is 53.4 Å². The van der Waals surface area contributed by atoms with E-state index in [1.54, 1.807) is 0 Å². The van der Waals surface area contributed by atoms with Crippen molar-refractivity contribution in [1.82, 2.24) is 9.97 Å². The second-order valence-electron chi connectivity index (χ2n) is 5.55. The van der Waals surface area contributed by atoms with Crippen molar-refractivity contribution in [2.75, 3.05) is 5.73 Å². The molecule has 3 rings (SSSR count). The van der Waals surface area contributed by atoms with Gasteiger partial charge in [-0.25, -0.2) is 9.97 Å². The zero-order valence-corrected chi connectivity index (χ0v) is 12.0. The molecule has 0 radical (unpaired) electrons. The van der Waals surface area contributed by atoms with Crippen LogP contribution < -0.4 is 11.2 Å². The summed E-state index contributed by atoms with van der Waals surface area (Å²) < 4.78 is 0. The Hall–Kier alpha value is -2.10. The van der Waals surface area contributed by atoms with Crippen molar-refractivity contribution >= 4 is 24.8 Å². The lowest BCUT2D eigenvalue weighted by Crippen LogP contribution is -2.21. The molecule has 4 heteroatoms. The number of benzene rings is 1. The first-order valence-electron chi connectivity index (χ1n) is 6.93. The summed E-state index contributed by atoms with van der Waals surface area (Å²) in [6.45, 7) is 6.21. The lowest BCUT2D eigenvalue weighted by molar-refractivity contribution is 0.668. The fourth-order valence-corrected chi connectivity index (χ4v) is 3.23. The zero-order chi connectivity index (χ0) is 14.3. The summed E-state index contributed by atoms with van der Waals surface area (Å²) in [7, 11) is 2.16. The van der Waals surface area contributed by atoms with E-state index in [9.17, 15) is 0 Å². The zero-order valence-electron chi connectivity index (χ0n) is 12.0. The maximum atomic E-state index is 5.79. The number of aryl methyl sites for hydroxylation is 1. The van der Waals surface area contributed by atoms with Gasteiger partial charge in [0.05, 0.1) is 11.4 Å². The van der Waals surface area contributed by atoms with Crippen molar-refractivity contribution in [1.29, 1.82) is 0 Å². The van der Waals surface area contributed by atoms with Crippen molar-refractivity contribution < 1.29 is 0 Å². The van der Waals surface area contributed by atoms with E-state index in [1.807, 2.05) is 6.92 Å². The number of aromatic nitrogens is 2. The minimum absolute atomic E-state index is 0.361. The standard InChI is InChI=1S/C16H18BN3/c1-9-7-11(12-5-3-4-6-13(12)17)8-14-15(9)10(2)19-16(18)20-14/h3-6,11H,1,7-8,17H2,2H3,(H2,18,19,20). The molecule has 100 valence electrons. The number of anilines is 1. The number of hydrogen-bond acceptors (Lipinski definition) is 3. The molecule has 0 fully saturated rings. The van der Waals surface area contributed by atoms with E-state index in [2.05, 4.69) is 48.7 Å². The van der Waals surface area contributed by atoms with Crippen LogP contribution in [0.1, 0.15) is 34.9 Å². The van der Waals surface area contributed by atoms with E-state index >= 15 is 0 Å². The Labute approximate surface area is 120 Å². The normalized spacial score (nSPS) is 17.9. The van der Waals surface area contributed by atoms with E-state index in [-0.39, 0.29) is 0 Å². The molecule has 0 spiro atoms. The number of nitrogens with two attached hydrogens (primary N) is 1. The Morgan fingerprint density at radius 2 is 2.00 bits per heavy atom. The summed E-state index contributed by atoms with van der Waals surface area (Å²) in [5.74, 6) is 0.796. The summed E-state index contributed by atoms with van der Waals surface area (Å²) in [6.07, 6.45) is 1.87. The molecule has 0 saturated carbocycles. The molecule has 1 unspecified atom stereocenters. The van der Waals surface area contributed by atoms with Crippen LogP contribution in [-0.4, -0.2) is 17.8 Å². The second-order valence-corrected chi connectivity index (χ2v) is 5.55. The first-order valence-corrected chi connectivity index (χ1v) is 6.93. The van der Waals surface area contributed by atoms with E-state index < -0.39 is 0 Å². The first kappa shape index (κ1) is 12.9. The SMILES string of the molecule is Bc1ccccc1C1CC(=C)c2c(C)nc(N)nc2C1. The number of nitrogens with zero attached hydrogens (tertiary/aromatic N) is 2. The van der Waals surface area contributed by atoms with Gasteiger partial charge in [0.2, 0.25) is 5.95 Å². The first-order chi connectivity index (χ1) is 9.56. The molecule has 0 aliphatic heterocycles. The summed E-state index contributed by atoms with van der Waals surface area (Å²) in [5.41, 5.74) is 12.7. The Bertz CT molecular complexity index is 694. The third-order valence-corrected chi connectivity index (χ3v) is 4.10. The minimum atomic E-state index is 0.361. The highest BCUT2D eigenvalue weighted by Crippen LogP contribution is 2.38. The quantitative estimate of drug-likeness (QED) is 0.790. The number of nitrogen functional groups attached to an aromatic ring is 1. The molecule has 2 aromatic rings. The molecule has 1 aliphatic rings. The number of rotatable bonds is 1. The molecule has 1 aliphatic carbocycles. The molecule has 20 heavy (non-hydrogen) atoms. The van der Waals surface area contributed by atoms with E-state index in [0.29, 0.717) is 11.9 Å². The molecule has 1 aromatic heterocycles. The third kappa shape index (κ3) is 2.11. The van der Waals surface area contributed by atoms with Crippen LogP contribution >= 0.6 is 0 Å². The highest BCUT2D eigenvalue weighted by molar-refractivity contribution is 6.33. The van der Waals surface area contributed by atoms with Crippen LogP contribution in [0.25, 0.3) is 5.57 Å². The van der Waals surface area contributed by atoms with Gasteiger partial charge in [0.25, 0.3) is 0 Å². The van der Waals surface area contributed by atoms with Crippen molar-refractivity contribution in [2.24, 2.45) is 0 Å². The molecule has 1 heterocycles. The van der Waals surface area contributed by atoms with Gasteiger partial charge in [0.15, 0.2) is 0 Å². The largest absolute Gasteiger partial charge is 0.368 e. The van der Waals surface area contributed by atoms with Crippen LogP contribution in [0.4, 0.5) is 5.95 Å². The molecule has 2 N–H and O–H groups in total. The molecular formula is C16H18BN3. The average Bonchev–Trinajstić information content (AvgIpc) is 2.37. The molecule has 1 aromatic carbocycles. The van der Waals surface area contributed by atoms with Gasteiger partial charge in [-0.1, -0.05) is 41.9 Å². The Morgan fingerprint density at radius 1 is 1.25 bits per heavy atom. The summed E-state index contributed by atoms with van der Waals surface area (Å²) >= 11 is 0. The number of hydrogen-bond donors (Lipinski definition) is 1. The van der Waals surface area contributed by atoms with E-state index in [0.717, 1.165) is 35.4 Å².